The number of halogens is 1. The van der Waals surface area contributed by atoms with Gasteiger partial charge in [-0.05, 0) is 31.2 Å². The molecule has 88 valence electrons. The highest BCUT2D eigenvalue weighted by molar-refractivity contribution is 5.77. The zero-order chi connectivity index (χ0) is 12.0. The highest BCUT2D eigenvalue weighted by atomic mass is 19.1. The van der Waals surface area contributed by atoms with Gasteiger partial charge in [0.25, 0.3) is 5.91 Å². The van der Waals surface area contributed by atoms with Crippen LogP contribution in [0.2, 0.25) is 0 Å². The zero-order valence-corrected chi connectivity index (χ0v) is 8.94. The molecule has 0 spiro atoms. The first-order valence-corrected chi connectivity index (χ1v) is 4.91. The number of aliphatic hydroxyl groups excluding tert-OH is 1. The zero-order valence-electron chi connectivity index (χ0n) is 8.94. The van der Waals surface area contributed by atoms with Gasteiger partial charge < -0.3 is 15.2 Å². The van der Waals surface area contributed by atoms with Gasteiger partial charge in [0.2, 0.25) is 0 Å². The molecule has 1 aromatic carbocycles. The average Bonchev–Trinajstić information content (AvgIpc) is 2.25. The molecule has 4 nitrogen and oxygen atoms in total. The minimum Gasteiger partial charge on any atom is -0.484 e. The number of aliphatic hydroxyl groups is 1. The van der Waals surface area contributed by atoms with Gasteiger partial charge in [-0.15, -0.1) is 0 Å². The van der Waals surface area contributed by atoms with Crippen LogP contribution >= 0.6 is 0 Å². The minimum absolute atomic E-state index is 0.154. The van der Waals surface area contributed by atoms with Crippen LogP contribution < -0.4 is 10.1 Å². The van der Waals surface area contributed by atoms with Crippen LogP contribution in [0.15, 0.2) is 24.3 Å². The van der Waals surface area contributed by atoms with Gasteiger partial charge in [0, 0.05) is 6.54 Å². The Hall–Kier alpha value is -1.62. The van der Waals surface area contributed by atoms with Gasteiger partial charge in [-0.3, -0.25) is 4.79 Å². The van der Waals surface area contributed by atoms with Crippen LogP contribution in [0.1, 0.15) is 6.92 Å². The molecule has 1 rings (SSSR count). The molecular weight excluding hydrogens is 213 g/mol. The lowest BCUT2D eigenvalue weighted by molar-refractivity contribution is -0.123. The van der Waals surface area contributed by atoms with Crippen molar-refractivity contribution in [3.63, 3.8) is 0 Å². The van der Waals surface area contributed by atoms with Crippen molar-refractivity contribution in [3.8, 4) is 5.75 Å². The third-order valence-electron chi connectivity index (χ3n) is 1.78. The minimum atomic E-state index is -0.588. The molecule has 0 heterocycles. The molecule has 0 aliphatic rings. The van der Waals surface area contributed by atoms with Crippen LogP contribution in [0.5, 0.6) is 5.75 Å². The lowest BCUT2D eigenvalue weighted by Gasteiger charge is -2.08. The van der Waals surface area contributed by atoms with Crippen LogP contribution in [0.3, 0.4) is 0 Å². The molecule has 1 atom stereocenters. The number of amides is 1. The van der Waals surface area contributed by atoms with Crippen LogP contribution in [-0.2, 0) is 4.79 Å². The fourth-order valence-electron chi connectivity index (χ4n) is 0.992. The van der Waals surface area contributed by atoms with Crippen molar-refractivity contribution in [3.05, 3.63) is 30.1 Å². The van der Waals surface area contributed by atoms with E-state index in [0.29, 0.717) is 5.75 Å². The largest absolute Gasteiger partial charge is 0.484 e. The molecule has 1 amide bonds. The number of benzene rings is 1. The number of carbonyl (C=O) groups is 1. The van der Waals surface area contributed by atoms with E-state index in [-0.39, 0.29) is 24.9 Å². The van der Waals surface area contributed by atoms with Crippen molar-refractivity contribution < 1.29 is 19.0 Å². The first-order chi connectivity index (χ1) is 7.58. The first-order valence-electron chi connectivity index (χ1n) is 4.91. The van der Waals surface area contributed by atoms with Crippen molar-refractivity contribution in [2.45, 2.75) is 13.0 Å². The standard InChI is InChI=1S/C11H14FNO3/c1-8(14)6-13-11(15)7-16-10-4-2-9(12)3-5-10/h2-5,8,14H,6-7H2,1H3,(H,13,15). The maximum Gasteiger partial charge on any atom is 0.258 e. The second-order valence-corrected chi connectivity index (χ2v) is 3.40. The predicted octanol–water partition coefficient (Wildman–Crippen LogP) is 0.701. The van der Waals surface area contributed by atoms with Gasteiger partial charge >= 0.3 is 0 Å². The van der Waals surface area contributed by atoms with Crippen LogP contribution in [0, 0.1) is 5.82 Å². The van der Waals surface area contributed by atoms with E-state index in [1.807, 2.05) is 0 Å². The lowest BCUT2D eigenvalue weighted by Crippen LogP contribution is -2.34. The molecule has 0 aliphatic heterocycles. The molecule has 0 fully saturated rings. The summed E-state index contributed by atoms with van der Waals surface area (Å²) in [6.07, 6.45) is -0.588. The Kier molecular flexibility index (Phi) is 4.72. The summed E-state index contributed by atoms with van der Waals surface area (Å²) in [7, 11) is 0. The number of hydrogen-bond acceptors (Lipinski definition) is 3. The van der Waals surface area contributed by atoms with Gasteiger partial charge in [0.15, 0.2) is 6.61 Å². The number of nitrogens with one attached hydrogen (secondary N) is 1. The second kappa shape index (κ2) is 6.07. The van der Waals surface area contributed by atoms with E-state index in [4.69, 9.17) is 9.84 Å². The second-order valence-electron chi connectivity index (χ2n) is 3.40. The Bertz CT molecular complexity index is 338. The molecule has 16 heavy (non-hydrogen) atoms. The van der Waals surface area contributed by atoms with Crippen LogP contribution in [-0.4, -0.2) is 30.3 Å². The van der Waals surface area contributed by atoms with Crippen molar-refractivity contribution in [1.29, 1.82) is 0 Å². The SMILES string of the molecule is CC(O)CNC(=O)COc1ccc(F)cc1. The Morgan fingerprint density at radius 1 is 1.50 bits per heavy atom. The highest BCUT2D eigenvalue weighted by Crippen LogP contribution is 2.10. The van der Waals surface area contributed by atoms with E-state index in [1.165, 1.54) is 24.3 Å². The van der Waals surface area contributed by atoms with E-state index >= 15 is 0 Å². The molecule has 5 heteroatoms. The number of carbonyl (C=O) groups excluding carboxylic acids is 1. The summed E-state index contributed by atoms with van der Waals surface area (Å²) in [5, 5.41) is 11.4. The van der Waals surface area contributed by atoms with Gasteiger partial charge in [0.1, 0.15) is 11.6 Å². The van der Waals surface area contributed by atoms with E-state index in [2.05, 4.69) is 5.32 Å². The molecule has 0 bridgehead atoms. The Morgan fingerprint density at radius 3 is 2.69 bits per heavy atom. The van der Waals surface area contributed by atoms with Gasteiger partial charge in [0.05, 0.1) is 6.10 Å². The smallest absolute Gasteiger partial charge is 0.258 e. The first kappa shape index (κ1) is 12.4. The molecule has 0 aromatic heterocycles. The van der Waals surface area contributed by atoms with Crippen LogP contribution in [0.25, 0.3) is 0 Å². The van der Waals surface area contributed by atoms with Crippen molar-refractivity contribution >= 4 is 5.91 Å². The highest BCUT2D eigenvalue weighted by Gasteiger charge is 2.03. The summed E-state index contributed by atoms with van der Waals surface area (Å²) in [4.78, 5) is 11.2. The fraction of sp³-hybridized carbons (Fsp3) is 0.364. The van der Waals surface area contributed by atoms with E-state index in [9.17, 15) is 9.18 Å². The maximum atomic E-state index is 12.5. The monoisotopic (exact) mass is 227 g/mol. The molecule has 0 saturated heterocycles. The van der Waals surface area contributed by atoms with Crippen molar-refractivity contribution in [2.24, 2.45) is 0 Å². The Balaban J connectivity index is 2.29. The van der Waals surface area contributed by atoms with Crippen molar-refractivity contribution in [1.82, 2.24) is 5.32 Å². The number of ether oxygens (including phenoxy) is 1. The summed E-state index contributed by atoms with van der Waals surface area (Å²) < 4.78 is 17.6. The molecular formula is C11H14FNO3. The summed E-state index contributed by atoms with van der Waals surface area (Å²) >= 11 is 0. The summed E-state index contributed by atoms with van der Waals surface area (Å²) in [5.41, 5.74) is 0. The topological polar surface area (TPSA) is 58.6 Å². The third kappa shape index (κ3) is 4.75. The molecule has 1 unspecified atom stereocenters. The van der Waals surface area contributed by atoms with Gasteiger partial charge in [-0.1, -0.05) is 0 Å². The Morgan fingerprint density at radius 2 is 2.12 bits per heavy atom. The summed E-state index contributed by atoms with van der Waals surface area (Å²) in [6, 6.07) is 5.39. The lowest BCUT2D eigenvalue weighted by atomic mass is 10.3. The van der Waals surface area contributed by atoms with E-state index in [1.54, 1.807) is 6.92 Å². The normalized spacial score (nSPS) is 11.9. The van der Waals surface area contributed by atoms with Gasteiger partial charge in [-0.25, -0.2) is 4.39 Å². The van der Waals surface area contributed by atoms with E-state index < -0.39 is 6.10 Å². The Labute approximate surface area is 93.0 Å². The molecule has 0 saturated carbocycles. The number of rotatable bonds is 5. The molecule has 2 N–H and O–H groups in total. The van der Waals surface area contributed by atoms with Gasteiger partial charge in [-0.2, -0.15) is 0 Å². The molecule has 1 aromatic rings. The van der Waals surface area contributed by atoms with Crippen molar-refractivity contribution in [2.75, 3.05) is 13.2 Å². The van der Waals surface area contributed by atoms with E-state index in [0.717, 1.165) is 0 Å². The average molecular weight is 227 g/mol. The summed E-state index contributed by atoms with van der Waals surface area (Å²) in [5.74, 6) is -0.260. The number of hydrogen-bond donors (Lipinski definition) is 2. The predicted molar refractivity (Wildman–Crippen MR) is 56.6 cm³/mol. The molecule has 0 aliphatic carbocycles. The third-order valence-corrected chi connectivity index (χ3v) is 1.78. The summed E-state index contributed by atoms with van der Waals surface area (Å²) in [6.45, 7) is 1.60. The maximum absolute atomic E-state index is 12.5. The van der Waals surface area contributed by atoms with Crippen LogP contribution in [0.4, 0.5) is 4.39 Å². The fourth-order valence-corrected chi connectivity index (χ4v) is 0.992. The molecule has 0 radical (unpaired) electrons. The quantitative estimate of drug-likeness (QED) is 0.778.